The van der Waals surface area contributed by atoms with Gasteiger partial charge in [-0.1, -0.05) is 23.4 Å². The molecule has 0 aromatic heterocycles. The van der Waals surface area contributed by atoms with Gasteiger partial charge in [-0.2, -0.15) is 0 Å². The molecule has 0 heterocycles. The van der Waals surface area contributed by atoms with Crippen LogP contribution in [0.3, 0.4) is 0 Å². The zero-order valence-corrected chi connectivity index (χ0v) is 17.4. The van der Waals surface area contributed by atoms with Crippen LogP contribution < -0.4 is 0 Å². The largest absolute Gasteiger partial charge is 0.508 e. The van der Waals surface area contributed by atoms with Crippen LogP contribution in [0.5, 0.6) is 5.75 Å². The highest BCUT2D eigenvalue weighted by atomic mass is 16.4. The molecule has 4 aliphatic rings. The fraction of sp³-hybridized carbons (Fsp3) is 0.385. The average molecular weight is 418 g/mol. The van der Waals surface area contributed by atoms with Crippen molar-refractivity contribution in [3.63, 3.8) is 0 Å². The second-order valence-corrected chi connectivity index (χ2v) is 9.69. The monoisotopic (exact) mass is 417 g/mol. The van der Waals surface area contributed by atoms with Crippen LogP contribution in [0.25, 0.3) is 17.2 Å². The highest BCUT2D eigenvalue weighted by molar-refractivity contribution is 5.92. The summed E-state index contributed by atoms with van der Waals surface area (Å²) >= 11 is 0. The Balaban J connectivity index is 1.56. The molecule has 2 aromatic carbocycles. The third-order valence-corrected chi connectivity index (χ3v) is 7.61. The normalized spacial score (nSPS) is 29.2. The van der Waals surface area contributed by atoms with Crippen molar-refractivity contribution in [3.05, 3.63) is 59.2 Å². The molecule has 6 rings (SSSR count). The lowest BCUT2D eigenvalue weighted by molar-refractivity contribution is -0.131. The first-order valence-electron chi connectivity index (χ1n) is 11.0. The van der Waals surface area contributed by atoms with Crippen molar-refractivity contribution in [3.8, 4) is 16.9 Å². The Morgan fingerprint density at radius 3 is 2.29 bits per heavy atom. The number of nitrogens with zero attached hydrogens (tertiary/aromatic N) is 1. The van der Waals surface area contributed by atoms with Gasteiger partial charge in [0.15, 0.2) is 0 Å². The molecule has 0 amide bonds. The molecular weight excluding hydrogens is 390 g/mol. The second kappa shape index (κ2) is 7.56. The third-order valence-electron chi connectivity index (χ3n) is 7.61. The van der Waals surface area contributed by atoms with Gasteiger partial charge < -0.3 is 15.4 Å². The number of oxime groups is 1. The molecule has 0 aliphatic heterocycles. The summed E-state index contributed by atoms with van der Waals surface area (Å²) in [5, 5.41) is 32.1. The van der Waals surface area contributed by atoms with Gasteiger partial charge in [0.05, 0.1) is 6.21 Å². The number of phenolic OH excluding ortho intramolecular Hbond substituents is 1. The number of rotatable bonds is 5. The molecule has 2 aromatic rings. The summed E-state index contributed by atoms with van der Waals surface area (Å²) in [4.78, 5) is 10.8. The van der Waals surface area contributed by atoms with E-state index in [1.54, 1.807) is 12.1 Å². The summed E-state index contributed by atoms with van der Waals surface area (Å²) in [6.07, 6.45) is 11.5. The number of carbonyl (C=O) groups is 1. The van der Waals surface area contributed by atoms with E-state index in [1.165, 1.54) is 50.8 Å². The zero-order chi connectivity index (χ0) is 21.6. The van der Waals surface area contributed by atoms with E-state index in [4.69, 9.17) is 10.3 Å². The summed E-state index contributed by atoms with van der Waals surface area (Å²) in [7, 11) is 0. The third kappa shape index (κ3) is 3.62. The topological polar surface area (TPSA) is 90.1 Å². The van der Waals surface area contributed by atoms with Crippen molar-refractivity contribution >= 4 is 18.3 Å². The molecule has 0 spiro atoms. The van der Waals surface area contributed by atoms with E-state index in [1.807, 2.05) is 18.2 Å². The fourth-order valence-electron chi connectivity index (χ4n) is 6.85. The lowest BCUT2D eigenvalue weighted by atomic mass is 9.48. The molecule has 5 heteroatoms. The molecule has 4 saturated carbocycles. The average Bonchev–Trinajstić information content (AvgIpc) is 2.72. The first kappa shape index (κ1) is 19.9. The molecule has 31 heavy (non-hydrogen) atoms. The Morgan fingerprint density at radius 1 is 1.00 bits per heavy atom. The van der Waals surface area contributed by atoms with Gasteiger partial charge in [0.1, 0.15) is 5.75 Å². The standard InChI is InChI=1S/C26H27NO4/c28-24-5-3-20(22-4-1-16(2-6-25(29)30)10-21(22)15-27-31)11-23(24)26-12-17-7-18(13-26)9-19(8-17)14-26/h1-6,10-11,15,17-19,28,31H,7-9,12-14H2,(H,29,30). The smallest absolute Gasteiger partial charge is 0.328 e. The predicted molar refractivity (Wildman–Crippen MR) is 119 cm³/mol. The Hall–Kier alpha value is -3.08. The Kier molecular flexibility index (Phi) is 4.84. The minimum absolute atomic E-state index is 0.0737. The highest BCUT2D eigenvalue weighted by Crippen LogP contribution is 2.62. The van der Waals surface area contributed by atoms with E-state index >= 15 is 0 Å². The molecule has 0 unspecified atom stereocenters. The molecule has 160 valence electrons. The van der Waals surface area contributed by atoms with Crippen molar-refractivity contribution in [1.29, 1.82) is 0 Å². The number of benzene rings is 2. The predicted octanol–water partition coefficient (Wildman–Crippen LogP) is 5.43. The fourth-order valence-corrected chi connectivity index (χ4v) is 6.85. The number of aromatic hydroxyl groups is 1. The number of hydrogen-bond acceptors (Lipinski definition) is 4. The van der Waals surface area contributed by atoms with E-state index < -0.39 is 5.97 Å². The van der Waals surface area contributed by atoms with Gasteiger partial charge in [0.25, 0.3) is 0 Å². The van der Waals surface area contributed by atoms with E-state index in [2.05, 4.69) is 11.2 Å². The maximum Gasteiger partial charge on any atom is 0.328 e. The maximum atomic E-state index is 10.8. The number of phenols is 1. The summed E-state index contributed by atoms with van der Waals surface area (Å²) < 4.78 is 0. The minimum atomic E-state index is -1.01. The van der Waals surface area contributed by atoms with Gasteiger partial charge in [-0.15, -0.1) is 0 Å². The summed E-state index contributed by atoms with van der Waals surface area (Å²) in [6, 6.07) is 11.4. The SMILES string of the molecule is O=C(O)C=Cc1ccc(-c2ccc(O)c(C34CC5CC(CC(C5)C3)C4)c2)c(C=NO)c1. The Bertz CT molecular complexity index is 1050. The van der Waals surface area contributed by atoms with Crippen molar-refractivity contribution in [2.45, 2.75) is 43.9 Å². The lowest BCUT2D eigenvalue weighted by Crippen LogP contribution is -2.48. The van der Waals surface area contributed by atoms with Crippen LogP contribution in [0.2, 0.25) is 0 Å². The number of aliphatic carboxylic acids is 1. The number of carboxylic acid groups (broad SMARTS) is 1. The highest BCUT2D eigenvalue weighted by Gasteiger charge is 2.52. The van der Waals surface area contributed by atoms with Gasteiger partial charge in [0.2, 0.25) is 0 Å². The molecule has 4 bridgehead atoms. The molecule has 3 N–H and O–H groups in total. The van der Waals surface area contributed by atoms with Crippen LogP contribution in [-0.2, 0) is 10.2 Å². The van der Waals surface area contributed by atoms with E-state index in [-0.39, 0.29) is 5.41 Å². The van der Waals surface area contributed by atoms with Crippen LogP contribution >= 0.6 is 0 Å². The zero-order valence-electron chi connectivity index (χ0n) is 17.4. The second-order valence-electron chi connectivity index (χ2n) is 9.69. The van der Waals surface area contributed by atoms with E-state index in [0.29, 0.717) is 16.9 Å². The van der Waals surface area contributed by atoms with Gasteiger partial charge in [-0.3, -0.25) is 0 Å². The van der Waals surface area contributed by atoms with Crippen LogP contribution in [0.1, 0.15) is 55.2 Å². The molecule has 0 saturated heterocycles. The summed E-state index contributed by atoms with van der Waals surface area (Å²) in [5.74, 6) is 1.72. The molecule has 4 aliphatic carbocycles. The van der Waals surface area contributed by atoms with Crippen molar-refractivity contribution in [2.24, 2.45) is 22.9 Å². The van der Waals surface area contributed by atoms with E-state index in [9.17, 15) is 9.90 Å². The van der Waals surface area contributed by atoms with Crippen molar-refractivity contribution in [1.82, 2.24) is 0 Å². The van der Waals surface area contributed by atoms with Gasteiger partial charge in [0, 0.05) is 17.2 Å². The molecular formula is C26H27NO4. The molecule has 0 atom stereocenters. The molecule has 5 nitrogen and oxygen atoms in total. The first-order chi connectivity index (χ1) is 15.0. The Morgan fingerprint density at radius 2 is 1.68 bits per heavy atom. The quantitative estimate of drug-likeness (QED) is 0.262. The number of hydrogen-bond donors (Lipinski definition) is 3. The number of carboxylic acids is 1. The van der Waals surface area contributed by atoms with Crippen molar-refractivity contribution < 1.29 is 20.2 Å². The Labute approximate surface area is 181 Å². The minimum Gasteiger partial charge on any atom is -0.508 e. The molecule has 0 radical (unpaired) electrons. The van der Waals surface area contributed by atoms with Crippen LogP contribution in [0.4, 0.5) is 0 Å². The first-order valence-corrected chi connectivity index (χ1v) is 11.0. The lowest BCUT2D eigenvalue weighted by Gasteiger charge is -2.57. The van der Waals surface area contributed by atoms with Crippen LogP contribution in [0, 0.1) is 17.8 Å². The summed E-state index contributed by atoms with van der Waals surface area (Å²) in [6.45, 7) is 0. The van der Waals surface area contributed by atoms with Gasteiger partial charge in [-0.05, 0) is 103 Å². The van der Waals surface area contributed by atoms with Crippen LogP contribution in [-0.4, -0.2) is 27.6 Å². The van der Waals surface area contributed by atoms with Gasteiger partial charge >= 0.3 is 5.97 Å². The maximum absolute atomic E-state index is 10.8. The van der Waals surface area contributed by atoms with Gasteiger partial charge in [-0.25, -0.2) is 4.79 Å². The molecule has 4 fully saturated rings. The summed E-state index contributed by atoms with van der Waals surface area (Å²) in [5.41, 5.74) is 4.39. The van der Waals surface area contributed by atoms with Crippen LogP contribution in [0.15, 0.2) is 47.6 Å². The van der Waals surface area contributed by atoms with E-state index in [0.717, 1.165) is 40.5 Å². The van der Waals surface area contributed by atoms with Crippen molar-refractivity contribution in [2.75, 3.05) is 0 Å².